The van der Waals surface area contributed by atoms with Crippen LogP contribution >= 0.6 is 11.6 Å². The molecule has 4 aromatic rings. The molecule has 39 heavy (non-hydrogen) atoms. The fourth-order valence-corrected chi connectivity index (χ4v) is 4.38. The van der Waals surface area contributed by atoms with Crippen molar-refractivity contribution >= 4 is 44.8 Å². The number of hydrogen-bond acceptors (Lipinski definition) is 7. The molecule has 7 nitrogen and oxygen atoms in total. The molecular formula is C31H43ClN6O. The van der Waals surface area contributed by atoms with Crippen LogP contribution in [0.1, 0.15) is 19.4 Å². The van der Waals surface area contributed by atoms with E-state index in [1.54, 1.807) is 0 Å². The van der Waals surface area contributed by atoms with Crippen LogP contribution in [0.25, 0.3) is 21.8 Å². The van der Waals surface area contributed by atoms with Gasteiger partial charge in [-0.05, 0) is 63.0 Å². The monoisotopic (exact) mass is 550 g/mol. The van der Waals surface area contributed by atoms with E-state index in [1.165, 1.54) is 5.56 Å². The Kier molecular flexibility index (Phi) is 12.7. The van der Waals surface area contributed by atoms with Crippen LogP contribution in [0.4, 0.5) is 11.4 Å². The smallest absolute Gasteiger partial charge is 0.0737 e. The molecule has 0 amide bonds. The van der Waals surface area contributed by atoms with Crippen LogP contribution < -0.4 is 10.6 Å². The number of aryl methyl sites for hydroxylation is 1. The van der Waals surface area contributed by atoms with E-state index in [0.29, 0.717) is 11.6 Å². The van der Waals surface area contributed by atoms with Gasteiger partial charge in [0.05, 0.1) is 24.2 Å². The number of hydrogen-bond donors (Lipinski definition) is 2. The Morgan fingerprint density at radius 1 is 0.718 bits per heavy atom. The standard InChI is InChI=1S/C29H37ClN6O.C2H6/c1-22-4-6-24-27(9-10-31-28(24)20-22)34-13-18-37-19-17-36(3)16-15-35(2)14-12-33-26-8-11-32-29-21-23(30)5-7-25(26)29;1-2/h4-11,20-21H,12-19H2,1-3H3,(H,31,34)(H,32,33);1-2H3. The Morgan fingerprint density at radius 2 is 1.31 bits per heavy atom. The van der Waals surface area contributed by atoms with E-state index in [4.69, 9.17) is 16.3 Å². The minimum absolute atomic E-state index is 0.672. The number of halogens is 1. The Bertz CT molecular complexity index is 1300. The lowest BCUT2D eigenvalue weighted by Crippen LogP contribution is -2.35. The maximum Gasteiger partial charge on any atom is 0.0737 e. The molecule has 0 saturated heterocycles. The summed E-state index contributed by atoms with van der Waals surface area (Å²) in [5, 5.41) is 9.96. The van der Waals surface area contributed by atoms with Crippen molar-refractivity contribution in [2.75, 3.05) is 77.2 Å². The highest BCUT2D eigenvalue weighted by atomic mass is 35.5. The number of fused-ring (bicyclic) bond motifs is 2. The Hall–Kier alpha value is -2.97. The molecule has 0 fully saturated rings. The van der Waals surface area contributed by atoms with E-state index < -0.39 is 0 Å². The molecule has 4 rings (SSSR count). The first kappa shape index (κ1) is 30.6. The van der Waals surface area contributed by atoms with Gasteiger partial charge in [0.2, 0.25) is 0 Å². The van der Waals surface area contributed by atoms with Gasteiger partial charge in [0.25, 0.3) is 0 Å². The summed E-state index contributed by atoms with van der Waals surface area (Å²) in [6.45, 7) is 13.0. The van der Waals surface area contributed by atoms with Gasteiger partial charge in [0.1, 0.15) is 0 Å². The summed E-state index contributed by atoms with van der Waals surface area (Å²) < 4.78 is 5.86. The van der Waals surface area contributed by atoms with Crippen LogP contribution in [0.15, 0.2) is 60.9 Å². The second-order valence-electron chi connectivity index (χ2n) is 9.47. The Morgan fingerprint density at radius 3 is 2.00 bits per heavy atom. The zero-order valence-corrected chi connectivity index (χ0v) is 24.8. The lowest BCUT2D eigenvalue weighted by atomic mass is 10.1. The fraction of sp³-hybridized carbons (Fsp3) is 0.419. The number of pyridine rings is 2. The molecule has 2 aromatic carbocycles. The Balaban J connectivity index is 0.00000205. The molecule has 210 valence electrons. The molecule has 2 N–H and O–H groups in total. The summed E-state index contributed by atoms with van der Waals surface area (Å²) in [6.07, 6.45) is 3.67. The number of benzene rings is 2. The summed E-state index contributed by atoms with van der Waals surface area (Å²) in [5.74, 6) is 0. The van der Waals surface area contributed by atoms with Crippen molar-refractivity contribution in [3.05, 3.63) is 71.5 Å². The zero-order valence-electron chi connectivity index (χ0n) is 24.0. The van der Waals surface area contributed by atoms with Crippen LogP contribution in [0.5, 0.6) is 0 Å². The first-order chi connectivity index (χ1) is 19.0. The van der Waals surface area contributed by atoms with E-state index in [1.807, 2.05) is 56.6 Å². The van der Waals surface area contributed by atoms with E-state index in [9.17, 15) is 0 Å². The van der Waals surface area contributed by atoms with Gasteiger partial charge in [-0.2, -0.15) is 0 Å². The number of anilines is 2. The predicted octanol–water partition coefficient (Wildman–Crippen LogP) is 6.18. The fourth-order valence-electron chi connectivity index (χ4n) is 4.21. The lowest BCUT2D eigenvalue weighted by Gasteiger charge is -2.22. The minimum atomic E-state index is 0.672. The highest BCUT2D eigenvalue weighted by molar-refractivity contribution is 6.31. The van der Waals surface area contributed by atoms with Gasteiger partial charge in [0, 0.05) is 78.8 Å². The number of nitrogens with zero attached hydrogens (tertiary/aromatic N) is 4. The molecule has 0 radical (unpaired) electrons. The van der Waals surface area contributed by atoms with Gasteiger partial charge in [-0.15, -0.1) is 0 Å². The molecule has 0 aliphatic heterocycles. The molecule has 8 heteroatoms. The van der Waals surface area contributed by atoms with Gasteiger partial charge in [-0.1, -0.05) is 37.6 Å². The van der Waals surface area contributed by atoms with Crippen molar-refractivity contribution in [1.29, 1.82) is 0 Å². The second kappa shape index (κ2) is 16.2. The molecule has 0 atom stereocenters. The summed E-state index contributed by atoms with van der Waals surface area (Å²) in [6, 6.07) is 16.2. The van der Waals surface area contributed by atoms with E-state index >= 15 is 0 Å². The number of aromatic nitrogens is 2. The quantitative estimate of drug-likeness (QED) is 0.182. The van der Waals surface area contributed by atoms with Crippen molar-refractivity contribution in [3.63, 3.8) is 0 Å². The maximum atomic E-state index is 6.09. The molecule has 0 spiro atoms. The number of rotatable bonds is 14. The normalized spacial score (nSPS) is 11.2. The molecule has 2 heterocycles. The van der Waals surface area contributed by atoms with Gasteiger partial charge < -0.3 is 25.2 Å². The summed E-state index contributed by atoms with van der Waals surface area (Å²) in [5.41, 5.74) is 5.34. The third-order valence-corrected chi connectivity index (χ3v) is 6.69. The highest BCUT2D eigenvalue weighted by Gasteiger charge is 2.06. The second-order valence-corrected chi connectivity index (χ2v) is 9.91. The van der Waals surface area contributed by atoms with Crippen LogP contribution in [0, 0.1) is 6.92 Å². The molecule has 0 unspecified atom stereocenters. The van der Waals surface area contributed by atoms with Crippen molar-refractivity contribution in [2.45, 2.75) is 20.8 Å². The predicted molar refractivity (Wildman–Crippen MR) is 167 cm³/mol. The largest absolute Gasteiger partial charge is 0.383 e. The molecule has 0 saturated carbocycles. The van der Waals surface area contributed by atoms with Gasteiger partial charge in [-0.25, -0.2) is 0 Å². The van der Waals surface area contributed by atoms with Crippen molar-refractivity contribution < 1.29 is 4.74 Å². The van der Waals surface area contributed by atoms with Gasteiger partial charge in [-0.3, -0.25) is 9.97 Å². The molecule has 0 aliphatic rings. The van der Waals surface area contributed by atoms with Crippen LogP contribution in [-0.2, 0) is 4.74 Å². The van der Waals surface area contributed by atoms with Crippen LogP contribution in [-0.4, -0.2) is 86.3 Å². The van der Waals surface area contributed by atoms with Gasteiger partial charge in [0.15, 0.2) is 0 Å². The molecule has 0 aliphatic carbocycles. The first-order valence-electron chi connectivity index (χ1n) is 13.8. The van der Waals surface area contributed by atoms with E-state index in [2.05, 4.69) is 69.6 Å². The molecular weight excluding hydrogens is 508 g/mol. The molecule has 0 bridgehead atoms. The summed E-state index contributed by atoms with van der Waals surface area (Å²) >= 11 is 6.09. The number of ether oxygens (including phenoxy) is 1. The third-order valence-electron chi connectivity index (χ3n) is 6.45. The molecule has 2 aromatic heterocycles. The maximum absolute atomic E-state index is 6.09. The van der Waals surface area contributed by atoms with Gasteiger partial charge >= 0.3 is 0 Å². The summed E-state index contributed by atoms with van der Waals surface area (Å²) in [4.78, 5) is 13.5. The SMILES string of the molecule is CC.Cc1ccc2c(NCCOCCN(C)CCN(C)CCNc3ccnc4cc(Cl)ccc34)ccnc2c1. The van der Waals surface area contributed by atoms with Crippen LogP contribution in [0.3, 0.4) is 0 Å². The van der Waals surface area contributed by atoms with Crippen LogP contribution in [0.2, 0.25) is 5.02 Å². The van der Waals surface area contributed by atoms with E-state index in [0.717, 1.165) is 79.1 Å². The van der Waals surface area contributed by atoms with Crippen molar-refractivity contribution in [1.82, 2.24) is 19.8 Å². The zero-order chi connectivity index (χ0) is 28.0. The highest BCUT2D eigenvalue weighted by Crippen LogP contribution is 2.24. The minimum Gasteiger partial charge on any atom is -0.383 e. The average molecular weight is 551 g/mol. The summed E-state index contributed by atoms with van der Waals surface area (Å²) in [7, 11) is 4.30. The lowest BCUT2D eigenvalue weighted by molar-refractivity contribution is 0.116. The number of likely N-dealkylation sites (N-methyl/N-ethyl adjacent to an activating group) is 2. The first-order valence-corrected chi connectivity index (χ1v) is 14.2. The van der Waals surface area contributed by atoms with Crippen molar-refractivity contribution in [2.24, 2.45) is 0 Å². The van der Waals surface area contributed by atoms with E-state index in [-0.39, 0.29) is 0 Å². The van der Waals surface area contributed by atoms with Crippen molar-refractivity contribution in [3.8, 4) is 0 Å². The number of nitrogens with one attached hydrogen (secondary N) is 2. The third kappa shape index (κ3) is 9.62. The topological polar surface area (TPSA) is 65.6 Å². The Labute approximate surface area is 238 Å². The average Bonchev–Trinajstić information content (AvgIpc) is 2.94.